The molecule has 0 N–H and O–H groups in total. The van der Waals surface area contributed by atoms with Crippen LogP contribution in [0.5, 0.6) is 0 Å². The van der Waals surface area contributed by atoms with Gasteiger partial charge in [-0.1, -0.05) is 35.5 Å². The molecule has 0 unspecified atom stereocenters. The smallest absolute Gasteiger partial charge is 0.274 e. The normalized spacial score (nSPS) is 14.3. The van der Waals surface area contributed by atoms with Crippen LogP contribution < -0.4 is 5.56 Å². The number of hydrogen-bond donors (Lipinski definition) is 0. The van der Waals surface area contributed by atoms with Gasteiger partial charge in [-0.15, -0.1) is 0 Å². The molecular weight excluding hydrogens is 334 g/mol. The van der Waals surface area contributed by atoms with Crippen molar-refractivity contribution < 1.29 is 9.32 Å². The molecule has 1 amide bonds. The van der Waals surface area contributed by atoms with Gasteiger partial charge < -0.3 is 9.42 Å². The van der Waals surface area contributed by atoms with Crippen LogP contribution in [0.15, 0.2) is 51.8 Å². The second-order valence-electron chi connectivity index (χ2n) is 6.30. The first-order chi connectivity index (χ1) is 12.6. The third kappa shape index (κ3) is 3.13. The zero-order valence-electron chi connectivity index (χ0n) is 14.2. The van der Waals surface area contributed by atoms with Crippen molar-refractivity contribution in [2.45, 2.75) is 12.3 Å². The Morgan fingerprint density at radius 2 is 1.96 bits per heavy atom. The number of carbonyl (C=O) groups excluding carboxylic acids is 1. The predicted octanol–water partition coefficient (Wildman–Crippen LogP) is 0.994. The van der Waals surface area contributed by atoms with E-state index in [2.05, 4.69) is 15.2 Å². The molecule has 2 aromatic heterocycles. The van der Waals surface area contributed by atoms with Crippen LogP contribution in [0, 0.1) is 0 Å². The minimum atomic E-state index is -0.250. The molecule has 4 rings (SSSR count). The third-order valence-corrected chi connectivity index (χ3v) is 4.39. The number of likely N-dealkylation sites (tertiary alicyclic amines) is 1. The lowest BCUT2D eigenvalue weighted by molar-refractivity contribution is 0.0560. The molecule has 0 aliphatic carbocycles. The molecule has 1 aliphatic rings. The van der Waals surface area contributed by atoms with Crippen LogP contribution >= 0.6 is 0 Å². The van der Waals surface area contributed by atoms with E-state index in [1.54, 1.807) is 4.90 Å². The van der Waals surface area contributed by atoms with Crippen molar-refractivity contribution in [1.82, 2.24) is 24.8 Å². The van der Waals surface area contributed by atoms with Crippen LogP contribution in [0.2, 0.25) is 0 Å². The van der Waals surface area contributed by atoms with Gasteiger partial charge in [-0.3, -0.25) is 9.59 Å². The van der Waals surface area contributed by atoms with Gasteiger partial charge in [0.1, 0.15) is 5.69 Å². The summed E-state index contributed by atoms with van der Waals surface area (Å²) in [6.45, 7) is 0.993. The molecule has 0 saturated carbocycles. The highest BCUT2D eigenvalue weighted by molar-refractivity contribution is 5.92. The monoisotopic (exact) mass is 351 g/mol. The first-order valence-corrected chi connectivity index (χ1v) is 8.30. The fourth-order valence-corrected chi connectivity index (χ4v) is 2.86. The number of aromatic nitrogens is 4. The van der Waals surface area contributed by atoms with Crippen molar-refractivity contribution in [2.24, 2.45) is 7.05 Å². The first kappa shape index (κ1) is 16.2. The Kier molecular flexibility index (Phi) is 4.08. The van der Waals surface area contributed by atoms with E-state index in [-0.39, 0.29) is 23.1 Å². The van der Waals surface area contributed by atoms with Crippen molar-refractivity contribution in [2.75, 3.05) is 13.1 Å². The van der Waals surface area contributed by atoms with Crippen molar-refractivity contribution in [3.8, 4) is 0 Å². The molecule has 0 atom stereocenters. The zero-order valence-corrected chi connectivity index (χ0v) is 14.2. The summed E-state index contributed by atoms with van der Waals surface area (Å²) in [6, 6.07) is 12.7. The minimum Gasteiger partial charge on any atom is -0.339 e. The lowest BCUT2D eigenvalue weighted by atomic mass is 9.99. The molecule has 1 aromatic carbocycles. The highest BCUT2D eigenvalue weighted by Gasteiger charge is 2.36. The molecule has 1 aliphatic heterocycles. The van der Waals surface area contributed by atoms with Crippen molar-refractivity contribution in [3.63, 3.8) is 0 Å². The minimum absolute atomic E-state index is 0.0310. The molecule has 1 saturated heterocycles. The molecule has 8 nitrogen and oxygen atoms in total. The van der Waals surface area contributed by atoms with E-state index in [4.69, 9.17) is 4.52 Å². The van der Waals surface area contributed by atoms with Gasteiger partial charge in [0.25, 0.3) is 11.5 Å². The lowest BCUT2D eigenvalue weighted by Crippen LogP contribution is -2.49. The topological polar surface area (TPSA) is 94.1 Å². The molecule has 0 bridgehead atoms. The van der Waals surface area contributed by atoms with Gasteiger partial charge in [0.15, 0.2) is 5.82 Å². The summed E-state index contributed by atoms with van der Waals surface area (Å²) >= 11 is 0. The van der Waals surface area contributed by atoms with E-state index in [0.717, 1.165) is 10.2 Å². The molecule has 0 spiro atoms. The van der Waals surface area contributed by atoms with Gasteiger partial charge in [0.05, 0.1) is 5.92 Å². The number of carbonyl (C=O) groups is 1. The third-order valence-electron chi connectivity index (χ3n) is 4.39. The molecule has 132 valence electrons. The van der Waals surface area contributed by atoms with E-state index in [1.807, 2.05) is 30.3 Å². The van der Waals surface area contributed by atoms with Gasteiger partial charge in [0, 0.05) is 32.6 Å². The van der Waals surface area contributed by atoms with E-state index in [1.165, 1.54) is 19.2 Å². The molecule has 3 heterocycles. The fourth-order valence-electron chi connectivity index (χ4n) is 2.86. The summed E-state index contributed by atoms with van der Waals surface area (Å²) in [5.74, 6) is 1.01. The predicted molar refractivity (Wildman–Crippen MR) is 91.7 cm³/mol. The Morgan fingerprint density at radius 1 is 1.19 bits per heavy atom. The number of hydrogen-bond acceptors (Lipinski definition) is 6. The maximum absolute atomic E-state index is 12.4. The Balaban J connectivity index is 1.38. The molecular formula is C18H17N5O3. The van der Waals surface area contributed by atoms with Crippen molar-refractivity contribution >= 4 is 5.91 Å². The van der Waals surface area contributed by atoms with Gasteiger partial charge in [-0.05, 0) is 11.6 Å². The number of aryl methyl sites for hydroxylation is 1. The van der Waals surface area contributed by atoms with Crippen LogP contribution in [-0.4, -0.2) is 43.8 Å². The maximum atomic E-state index is 12.4. The number of benzene rings is 1. The van der Waals surface area contributed by atoms with Gasteiger partial charge in [-0.2, -0.15) is 10.1 Å². The average molecular weight is 351 g/mol. The summed E-state index contributed by atoms with van der Waals surface area (Å²) in [6.07, 6.45) is 0.613. The van der Waals surface area contributed by atoms with E-state index in [0.29, 0.717) is 31.2 Å². The quantitative estimate of drug-likeness (QED) is 0.696. The molecule has 8 heteroatoms. The Morgan fingerprint density at radius 3 is 2.69 bits per heavy atom. The standard InChI is InChI=1S/C18H17N5O3/c1-22-16(24)8-7-14(20-22)18(25)23-10-13(11-23)17-19-15(21-26-17)9-12-5-3-2-4-6-12/h2-8,13H,9-11H2,1H3. The lowest BCUT2D eigenvalue weighted by Gasteiger charge is -2.36. The van der Waals surface area contributed by atoms with Crippen molar-refractivity contribution in [1.29, 1.82) is 0 Å². The van der Waals surface area contributed by atoms with Gasteiger partial charge >= 0.3 is 0 Å². The molecule has 1 fully saturated rings. The molecule has 0 radical (unpaired) electrons. The summed E-state index contributed by atoms with van der Waals surface area (Å²) in [7, 11) is 1.52. The highest BCUT2D eigenvalue weighted by atomic mass is 16.5. The Hall–Kier alpha value is -3.29. The molecule has 26 heavy (non-hydrogen) atoms. The van der Waals surface area contributed by atoms with E-state index >= 15 is 0 Å². The highest BCUT2D eigenvalue weighted by Crippen LogP contribution is 2.27. The second-order valence-corrected chi connectivity index (χ2v) is 6.30. The van der Waals surface area contributed by atoms with Crippen LogP contribution in [0.3, 0.4) is 0 Å². The summed E-state index contributed by atoms with van der Waals surface area (Å²) in [5, 5.41) is 8.01. The Bertz CT molecular complexity index is 989. The largest absolute Gasteiger partial charge is 0.339 e. The number of rotatable bonds is 4. The van der Waals surface area contributed by atoms with Crippen LogP contribution in [0.25, 0.3) is 0 Å². The van der Waals surface area contributed by atoms with Crippen LogP contribution in [0.4, 0.5) is 0 Å². The Labute approximate surface area is 149 Å². The van der Waals surface area contributed by atoms with Gasteiger partial charge in [-0.25, -0.2) is 4.68 Å². The zero-order chi connectivity index (χ0) is 18.1. The van der Waals surface area contributed by atoms with Crippen molar-refractivity contribution in [3.05, 3.63) is 75.8 Å². The van der Waals surface area contributed by atoms with E-state index in [9.17, 15) is 9.59 Å². The maximum Gasteiger partial charge on any atom is 0.274 e. The van der Waals surface area contributed by atoms with E-state index < -0.39 is 0 Å². The average Bonchev–Trinajstić information content (AvgIpc) is 3.05. The SMILES string of the molecule is Cn1nc(C(=O)N2CC(c3nc(Cc4ccccc4)no3)C2)ccc1=O. The van der Waals surface area contributed by atoms with Crippen LogP contribution in [0.1, 0.15) is 33.7 Å². The van der Waals surface area contributed by atoms with Gasteiger partial charge in [0.2, 0.25) is 5.89 Å². The first-order valence-electron chi connectivity index (χ1n) is 8.30. The second kappa shape index (κ2) is 6.55. The summed E-state index contributed by atoms with van der Waals surface area (Å²) in [5.41, 5.74) is 1.12. The molecule has 3 aromatic rings. The number of amides is 1. The summed E-state index contributed by atoms with van der Waals surface area (Å²) < 4.78 is 6.50. The fraction of sp³-hybridized carbons (Fsp3) is 0.278. The number of nitrogens with zero attached hydrogens (tertiary/aromatic N) is 5. The summed E-state index contributed by atoms with van der Waals surface area (Å²) in [4.78, 5) is 29.9. The van der Waals surface area contributed by atoms with Crippen LogP contribution in [-0.2, 0) is 13.5 Å².